The Kier molecular flexibility index (Phi) is 7.82. The second-order valence-corrected chi connectivity index (χ2v) is 9.93. The van der Waals surface area contributed by atoms with Crippen LogP contribution in [0.5, 0.6) is 0 Å². The topological polar surface area (TPSA) is 58.2 Å². The first-order valence-corrected chi connectivity index (χ1v) is 11.9. The van der Waals surface area contributed by atoms with Gasteiger partial charge in [0, 0.05) is 23.9 Å². The van der Waals surface area contributed by atoms with Gasteiger partial charge in [0.25, 0.3) is 0 Å². The first-order valence-electron chi connectivity index (χ1n) is 11.9. The van der Waals surface area contributed by atoms with Crippen LogP contribution in [-0.4, -0.2) is 23.9 Å². The third-order valence-corrected chi connectivity index (χ3v) is 7.83. The molecule has 0 bridgehead atoms. The Morgan fingerprint density at radius 1 is 0.929 bits per heavy atom. The zero-order valence-corrected chi connectivity index (χ0v) is 18.1. The van der Waals surface area contributed by atoms with Crippen LogP contribution >= 0.6 is 0 Å². The Morgan fingerprint density at radius 3 is 2.25 bits per heavy atom. The van der Waals surface area contributed by atoms with Crippen molar-refractivity contribution in [2.45, 2.75) is 103 Å². The van der Waals surface area contributed by atoms with Crippen LogP contribution in [0.15, 0.2) is 0 Å². The van der Waals surface area contributed by atoms with E-state index in [1.54, 1.807) is 0 Å². The van der Waals surface area contributed by atoms with Gasteiger partial charge in [-0.25, -0.2) is 0 Å². The van der Waals surface area contributed by atoms with Crippen molar-refractivity contribution in [1.29, 1.82) is 0 Å². The van der Waals surface area contributed by atoms with Crippen LogP contribution < -0.4 is 10.6 Å². The lowest BCUT2D eigenvalue weighted by Gasteiger charge is -2.24. The van der Waals surface area contributed by atoms with Gasteiger partial charge in [-0.05, 0) is 63.7 Å². The van der Waals surface area contributed by atoms with E-state index in [0.717, 1.165) is 57.3 Å². The fourth-order valence-corrected chi connectivity index (χ4v) is 5.75. The van der Waals surface area contributed by atoms with Crippen LogP contribution in [0.2, 0.25) is 0 Å². The third-order valence-electron chi connectivity index (χ3n) is 7.83. The number of nitrogens with one attached hydrogen (secondary N) is 2. The van der Waals surface area contributed by atoms with Gasteiger partial charge >= 0.3 is 0 Å². The lowest BCUT2D eigenvalue weighted by Crippen LogP contribution is -2.41. The van der Waals surface area contributed by atoms with E-state index in [9.17, 15) is 9.59 Å². The summed E-state index contributed by atoms with van der Waals surface area (Å²) in [4.78, 5) is 25.5. The van der Waals surface area contributed by atoms with Gasteiger partial charge in [-0.3, -0.25) is 9.59 Å². The molecule has 7 atom stereocenters. The lowest BCUT2D eigenvalue weighted by atomic mass is 9.94. The van der Waals surface area contributed by atoms with E-state index < -0.39 is 0 Å². The van der Waals surface area contributed by atoms with Gasteiger partial charge in [-0.2, -0.15) is 5.92 Å². The molecule has 2 amide bonds. The summed E-state index contributed by atoms with van der Waals surface area (Å²) in [7, 11) is 0. The van der Waals surface area contributed by atoms with Gasteiger partial charge in [0.1, 0.15) is 0 Å². The maximum absolute atomic E-state index is 12.8. The highest BCUT2D eigenvalue weighted by atomic mass is 16.2. The van der Waals surface area contributed by atoms with Gasteiger partial charge in [0.05, 0.1) is 0 Å². The van der Waals surface area contributed by atoms with Crippen molar-refractivity contribution in [1.82, 2.24) is 10.6 Å². The molecule has 0 spiro atoms. The van der Waals surface area contributed by atoms with Crippen molar-refractivity contribution in [3.63, 3.8) is 0 Å². The molecule has 3 aliphatic carbocycles. The summed E-state index contributed by atoms with van der Waals surface area (Å²) >= 11 is 0. The van der Waals surface area contributed by atoms with Crippen LogP contribution in [0.25, 0.3) is 0 Å². The molecule has 3 fully saturated rings. The fraction of sp³-hybridized carbons (Fsp3) is 0.875. The number of hydrogen-bond donors (Lipinski definition) is 2. The van der Waals surface area contributed by atoms with Gasteiger partial charge in [-0.1, -0.05) is 39.0 Å². The summed E-state index contributed by atoms with van der Waals surface area (Å²) < 4.78 is 0. The van der Waals surface area contributed by atoms with Crippen LogP contribution in [0.1, 0.15) is 90.9 Å². The number of hydrogen-bond acceptors (Lipinski definition) is 2. The molecule has 0 saturated heterocycles. The molecule has 4 nitrogen and oxygen atoms in total. The largest absolute Gasteiger partial charge is 0.353 e. The van der Waals surface area contributed by atoms with Crippen LogP contribution in [-0.2, 0) is 9.59 Å². The van der Waals surface area contributed by atoms with Crippen LogP contribution in [0, 0.1) is 36.5 Å². The Bertz CT molecular complexity index is 535. The van der Waals surface area contributed by atoms with Crippen LogP contribution in [0.4, 0.5) is 0 Å². The van der Waals surface area contributed by atoms with Gasteiger partial charge in [-0.15, -0.1) is 0 Å². The molecule has 0 heterocycles. The van der Waals surface area contributed by atoms with Crippen LogP contribution in [0.3, 0.4) is 0 Å². The zero-order chi connectivity index (χ0) is 20.1. The molecule has 2 N–H and O–H groups in total. The Labute approximate surface area is 172 Å². The van der Waals surface area contributed by atoms with E-state index in [1.807, 2.05) is 0 Å². The predicted octanol–water partition coefficient (Wildman–Crippen LogP) is 4.63. The molecule has 3 aliphatic rings. The maximum Gasteiger partial charge on any atom is 0.223 e. The smallest absolute Gasteiger partial charge is 0.223 e. The van der Waals surface area contributed by atoms with E-state index >= 15 is 0 Å². The van der Waals surface area contributed by atoms with Crippen molar-refractivity contribution in [2.24, 2.45) is 29.6 Å². The van der Waals surface area contributed by atoms with Crippen molar-refractivity contribution in [2.75, 3.05) is 0 Å². The molecule has 28 heavy (non-hydrogen) atoms. The monoisotopic (exact) mass is 389 g/mol. The summed E-state index contributed by atoms with van der Waals surface area (Å²) in [5.41, 5.74) is 0. The van der Waals surface area contributed by atoms with E-state index in [1.165, 1.54) is 25.7 Å². The standard InChI is InChI=1S/C24H41N2O2/c1-4-18-9-13-22(15-18)26-24(28)20-7-5-6-19(11-12-20)23(27)25-17(3)21-10-8-16(2)14-21/h16-22H,2,4-15H2,1,3H3,(H,25,27)(H,26,28)/q-1. The normalized spacial score (nSPS) is 37.2. The minimum absolute atomic E-state index is 0.0770. The molecule has 0 aromatic heterocycles. The Morgan fingerprint density at radius 2 is 1.64 bits per heavy atom. The molecular formula is C24H41N2O2-. The molecular weight excluding hydrogens is 348 g/mol. The summed E-state index contributed by atoms with van der Waals surface area (Å²) in [5.74, 6) is 2.54. The summed E-state index contributed by atoms with van der Waals surface area (Å²) in [5, 5.41) is 6.60. The summed E-state index contributed by atoms with van der Waals surface area (Å²) in [6.45, 7) is 8.57. The quantitative estimate of drug-likeness (QED) is 0.514. The molecule has 0 aromatic rings. The van der Waals surface area contributed by atoms with Crippen molar-refractivity contribution in [3.05, 3.63) is 6.92 Å². The number of carbonyl (C=O) groups is 2. The molecule has 7 unspecified atom stereocenters. The lowest BCUT2D eigenvalue weighted by molar-refractivity contribution is -0.128. The SMILES string of the molecule is [CH2-]C1CCC(C(C)NC(=O)C2CCCC(C(=O)NC3CCC(CC)C3)CC2)C1. The van der Waals surface area contributed by atoms with E-state index in [0.29, 0.717) is 17.9 Å². The number of carbonyl (C=O) groups excluding carboxylic acids is 2. The molecule has 4 heteroatoms. The number of rotatable bonds is 6. The van der Waals surface area contributed by atoms with Gasteiger partial charge < -0.3 is 17.6 Å². The average molecular weight is 390 g/mol. The molecule has 160 valence electrons. The highest BCUT2D eigenvalue weighted by Crippen LogP contribution is 2.33. The minimum atomic E-state index is 0.0770. The molecule has 0 radical (unpaired) electrons. The Balaban J connectivity index is 1.42. The van der Waals surface area contributed by atoms with Gasteiger partial charge in [0.2, 0.25) is 11.8 Å². The van der Waals surface area contributed by atoms with Crippen molar-refractivity contribution in [3.8, 4) is 0 Å². The number of amides is 2. The fourth-order valence-electron chi connectivity index (χ4n) is 5.75. The summed E-state index contributed by atoms with van der Waals surface area (Å²) in [6.07, 6.45) is 12.8. The molecule has 3 rings (SSSR count). The van der Waals surface area contributed by atoms with E-state index in [4.69, 9.17) is 0 Å². The Hall–Kier alpha value is -1.06. The third kappa shape index (κ3) is 5.73. The minimum Gasteiger partial charge on any atom is -0.353 e. The van der Waals surface area contributed by atoms with E-state index in [-0.39, 0.29) is 29.7 Å². The zero-order valence-electron chi connectivity index (χ0n) is 18.1. The highest BCUT2D eigenvalue weighted by molar-refractivity contribution is 5.80. The maximum atomic E-state index is 12.8. The van der Waals surface area contributed by atoms with Crippen molar-refractivity contribution >= 4 is 11.8 Å². The second-order valence-electron chi connectivity index (χ2n) is 9.93. The second kappa shape index (κ2) is 10.1. The first kappa shape index (κ1) is 21.6. The van der Waals surface area contributed by atoms with Crippen molar-refractivity contribution < 1.29 is 9.59 Å². The molecule has 0 aromatic carbocycles. The predicted molar refractivity (Wildman–Crippen MR) is 113 cm³/mol. The average Bonchev–Trinajstić information content (AvgIpc) is 3.23. The van der Waals surface area contributed by atoms with E-state index in [2.05, 4.69) is 31.4 Å². The highest BCUT2D eigenvalue weighted by Gasteiger charge is 2.32. The summed E-state index contributed by atoms with van der Waals surface area (Å²) in [6, 6.07) is 0.624. The van der Waals surface area contributed by atoms with Gasteiger partial charge in [0.15, 0.2) is 0 Å². The molecule has 0 aliphatic heterocycles. The molecule has 3 saturated carbocycles. The first-order chi connectivity index (χ1) is 13.5.